The molecule has 2 unspecified atom stereocenters. The number of urea groups is 1. The molecule has 0 saturated carbocycles. The van der Waals surface area contributed by atoms with Crippen LogP contribution in [0.1, 0.15) is 55.6 Å². The van der Waals surface area contributed by atoms with Gasteiger partial charge in [-0.2, -0.15) is 10.4 Å². The Morgan fingerprint density at radius 2 is 1.77 bits per heavy atom. The van der Waals surface area contributed by atoms with Crippen LogP contribution < -0.4 is 10.2 Å². The van der Waals surface area contributed by atoms with E-state index in [0.29, 0.717) is 23.6 Å². The van der Waals surface area contributed by atoms with Crippen LogP contribution in [0.5, 0.6) is 0 Å². The van der Waals surface area contributed by atoms with Gasteiger partial charge in [-0.05, 0) is 74.3 Å². The molecule has 3 aliphatic rings. The van der Waals surface area contributed by atoms with E-state index in [1.54, 1.807) is 0 Å². The topological polar surface area (TPSA) is 77.2 Å². The summed E-state index contributed by atoms with van der Waals surface area (Å²) in [5.41, 5.74) is 3.15. The summed E-state index contributed by atoms with van der Waals surface area (Å²) < 4.78 is 1.88. The van der Waals surface area contributed by atoms with Crippen LogP contribution in [0, 0.1) is 11.3 Å². The lowest BCUT2D eigenvalue weighted by Gasteiger charge is -2.40. The van der Waals surface area contributed by atoms with E-state index in [1.807, 2.05) is 42.2 Å². The molecule has 4 heterocycles. The van der Waals surface area contributed by atoms with Crippen molar-refractivity contribution in [3.05, 3.63) is 47.8 Å². The number of piperidine rings is 2. The van der Waals surface area contributed by atoms with Gasteiger partial charge in [0.25, 0.3) is 0 Å². The third-order valence-electron chi connectivity index (χ3n) is 7.35. The average Bonchev–Trinajstić information content (AvgIpc) is 3.34. The highest BCUT2D eigenvalue weighted by atomic mass is 16.2. The quantitative estimate of drug-likeness (QED) is 0.829. The Morgan fingerprint density at radius 1 is 1.10 bits per heavy atom. The summed E-state index contributed by atoms with van der Waals surface area (Å²) in [6, 6.07) is 11.0. The molecule has 31 heavy (non-hydrogen) atoms. The van der Waals surface area contributed by atoms with Crippen LogP contribution in [0.25, 0.3) is 0 Å². The standard InChI is InChI=1S/C24H30N6O/c1-28-16-19(15-26-28)18-12-22-6-7-23(13-18)30(22)24(31)27-20-8-10-29(11-9-20)21-4-2-17(14-25)3-5-21/h2-5,15-16,18,20,22-23H,6-13H2,1H3,(H,27,31). The number of hydrogen-bond acceptors (Lipinski definition) is 4. The molecule has 5 rings (SSSR count). The number of aryl methyl sites for hydroxylation is 1. The zero-order valence-electron chi connectivity index (χ0n) is 18.1. The second kappa shape index (κ2) is 8.26. The minimum absolute atomic E-state index is 0.133. The highest BCUT2D eigenvalue weighted by Crippen LogP contribution is 2.43. The monoisotopic (exact) mass is 418 g/mol. The maximum absolute atomic E-state index is 13.2. The van der Waals surface area contributed by atoms with Gasteiger partial charge < -0.3 is 15.1 Å². The highest BCUT2D eigenvalue weighted by molar-refractivity contribution is 5.76. The van der Waals surface area contributed by atoms with Crippen LogP contribution in [0.2, 0.25) is 0 Å². The Hall–Kier alpha value is -3.01. The lowest BCUT2D eigenvalue weighted by Crippen LogP contribution is -2.54. The second-order valence-corrected chi connectivity index (χ2v) is 9.28. The Kier molecular flexibility index (Phi) is 5.31. The number of nitriles is 1. The summed E-state index contributed by atoms with van der Waals surface area (Å²) in [5, 5.41) is 16.6. The Balaban J connectivity index is 1.15. The van der Waals surface area contributed by atoms with Crippen molar-refractivity contribution in [3.8, 4) is 6.07 Å². The Bertz CT molecular complexity index is 955. The van der Waals surface area contributed by atoms with Gasteiger partial charge in [0.15, 0.2) is 0 Å². The number of carbonyl (C=O) groups excluding carboxylic acids is 1. The van der Waals surface area contributed by atoms with Crippen molar-refractivity contribution >= 4 is 11.7 Å². The molecular formula is C24H30N6O. The second-order valence-electron chi connectivity index (χ2n) is 9.28. The summed E-state index contributed by atoms with van der Waals surface area (Å²) in [6.07, 6.45) is 10.3. The number of carbonyl (C=O) groups is 1. The minimum atomic E-state index is 0.133. The van der Waals surface area contributed by atoms with Crippen molar-refractivity contribution in [2.45, 2.75) is 62.6 Å². The molecule has 7 nitrogen and oxygen atoms in total. The number of anilines is 1. The van der Waals surface area contributed by atoms with Gasteiger partial charge in [0.2, 0.25) is 0 Å². The highest BCUT2D eigenvalue weighted by Gasteiger charge is 2.44. The molecule has 162 valence electrons. The molecule has 2 aromatic rings. The van der Waals surface area contributed by atoms with Crippen molar-refractivity contribution in [1.82, 2.24) is 20.0 Å². The molecule has 2 bridgehead atoms. The Labute approximate surface area is 183 Å². The molecule has 3 saturated heterocycles. The molecule has 2 atom stereocenters. The number of rotatable bonds is 3. The van der Waals surface area contributed by atoms with Crippen LogP contribution in [-0.4, -0.2) is 51.9 Å². The molecule has 0 spiro atoms. The molecule has 3 fully saturated rings. The maximum atomic E-state index is 13.2. The number of fused-ring (bicyclic) bond motifs is 2. The summed E-state index contributed by atoms with van der Waals surface area (Å²) in [7, 11) is 1.97. The number of nitrogens with zero attached hydrogens (tertiary/aromatic N) is 5. The molecular weight excluding hydrogens is 388 g/mol. The van der Waals surface area contributed by atoms with E-state index < -0.39 is 0 Å². The fourth-order valence-corrected chi connectivity index (χ4v) is 5.71. The summed E-state index contributed by atoms with van der Waals surface area (Å²) in [6.45, 7) is 1.85. The van der Waals surface area contributed by atoms with E-state index in [1.165, 1.54) is 5.56 Å². The van der Waals surface area contributed by atoms with E-state index in [0.717, 1.165) is 57.3 Å². The van der Waals surface area contributed by atoms with E-state index in [2.05, 4.69) is 32.5 Å². The summed E-state index contributed by atoms with van der Waals surface area (Å²) in [4.78, 5) is 17.6. The first-order valence-electron chi connectivity index (χ1n) is 11.4. The number of hydrogen-bond donors (Lipinski definition) is 1. The molecule has 1 N–H and O–H groups in total. The van der Waals surface area contributed by atoms with Crippen LogP contribution in [-0.2, 0) is 7.05 Å². The van der Waals surface area contributed by atoms with Gasteiger partial charge in [-0.1, -0.05) is 0 Å². The van der Waals surface area contributed by atoms with Crippen molar-refractivity contribution in [2.24, 2.45) is 7.05 Å². The first-order chi connectivity index (χ1) is 15.1. The van der Waals surface area contributed by atoms with Gasteiger partial charge in [0.05, 0.1) is 17.8 Å². The number of amides is 2. The van der Waals surface area contributed by atoms with Crippen molar-refractivity contribution in [2.75, 3.05) is 18.0 Å². The van der Waals surface area contributed by atoms with Gasteiger partial charge in [-0.3, -0.25) is 4.68 Å². The zero-order chi connectivity index (χ0) is 21.4. The third-order valence-corrected chi connectivity index (χ3v) is 7.35. The lowest BCUT2D eigenvalue weighted by atomic mass is 9.87. The van der Waals surface area contributed by atoms with Crippen molar-refractivity contribution in [1.29, 1.82) is 5.26 Å². The molecule has 7 heteroatoms. The van der Waals surface area contributed by atoms with Crippen LogP contribution in [0.15, 0.2) is 36.7 Å². The lowest BCUT2D eigenvalue weighted by molar-refractivity contribution is 0.134. The first-order valence-corrected chi connectivity index (χ1v) is 11.4. The van der Waals surface area contributed by atoms with E-state index in [9.17, 15) is 4.79 Å². The van der Waals surface area contributed by atoms with Crippen LogP contribution in [0.3, 0.4) is 0 Å². The number of benzene rings is 1. The molecule has 0 radical (unpaired) electrons. The van der Waals surface area contributed by atoms with Crippen molar-refractivity contribution < 1.29 is 4.79 Å². The Morgan fingerprint density at radius 3 is 2.35 bits per heavy atom. The fraction of sp³-hybridized carbons (Fsp3) is 0.542. The zero-order valence-corrected chi connectivity index (χ0v) is 18.1. The normalized spacial score (nSPS) is 26.0. The predicted octanol–water partition coefficient (Wildman–Crippen LogP) is 3.38. The van der Waals surface area contributed by atoms with E-state index >= 15 is 0 Å². The number of aromatic nitrogens is 2. The molecule has 2 amide bonds. The number of nitrogens with one attached hydrogen (secondary N) is 1. The molecule has 1 aromatic heterocycles. The van der Waals surface area contributed by atoms with Gasteiger partial charge in [0.1, 0.15) is 0 Å². The summed E-state index contributed by atoms with van der Waals surface area (Å²) in [5.74, 6) is 0.519. The third kappa shape index (κ3) is 3.99. The first kappa shape index (κ1) is 19.9. The van der Waals surface area contributed by atoms with Gasteiger partial charge in [0, 0.05) is 50.1 Å². The van der Waals surface area contributed by atoms with Crippen LogP contribution >= 0.6 is 0 Å². The van der Waals surface area contributed by atoms with Crippen LogP contribution in [0.4, 0.5) is 10.5 Å². The molecule has 0 aliphatic carbocycles. The van der Waals surface area contributed by atoms with Gasteiger partial charge >= 0.3 is 6.03 Å². The fourth-order valence-electron chi connectivity index (χ4n) is 5.71. The van der Waals surface area contributed by atoms with Crippen molar-refractivity contribution in [3.63, 3.8) is 0 Å². The average molecular weight is 419 g/mol. The smallest absolute Gasteiger partial charge is 0.318 e. The molecule has 1 aromatic carbocycles. The predicted molar refractivity (Wildman–Crippen MR) is 119 cm³/mol. The van der Waals surface area contributed by atoms with Gasteiger partial charge in [-0.25, -0.2) is 4.79 Å². The maximum Gasteiger partial charge on any atom is 0.318 e. The largest absolute Gasteiger partial charge is 0.371 e. The minimum Gasteiger partial charge on any atom is -0.371 e. The summed E-state index contributed by atoms with van der Waals surface area (Å²) >= 11 is 0. The van der Waals surface area contributed by atoms with E-state index in [-0.39, 0.29) is 12.1 Å². The molecule has 3 aliphatic heterocycles. The SMILES string of the molecule is Cn1cc(C2CC3CCC(C2)N3C(=O)NC2CCN(c3ccc(C#N)cc3)CC2)cn1. The van der Waals surface area contributed by atoms with E-state index in [4.69, 9.17) is 5.26 Å². The van der Waals surface area contributed by atoms with Gasteiger partial charge in [-0.15, -0.1) is 0 Å².